The van der Waals surface area contributed by atoms with Gasteiger partial charge in [0.05, 0.1) is 5.71 Å². The van der Waals surface area contributed by atoms with Crippen LogP contribution in [-0.2, 0) is 4.84 Å². The second-order valence-corrected chi connectivity index (χ2v) is 7.75. The Morgan fingerprint density at radius 1 is 1.29 bits per heavy atom. The summed E-state index contributed by atoms with van der Waals surface area (Å²) in [4.78, 5) is 5.68. The summed E-state index contributed by atoms with van der Waals surface area (Å²) in [5.41, 5.74) is 2.84. The van der Waals surface area contributed by atoms with Gasteiger partial charge in [0, 0.05) is 21.5 Å². The number of hydrogen-bond acceptors (Lipinski definition) is 3. The summed E-state index contributed by atoms with van der Waals surface area (Å²) in [6, 6.07) is 6.14. The molecular weight excluding hydrogens is 330 g/mol. The standard InChI is InChI=1S/C17H18BrNO2/c1-16(2)12-6-7-17(3)13(15(12)19-21-16)9-10-8-11(18)4-5-14(10)20-17/h4-5,8-9,12H,6-7H2,1-3H3/t12?,17-/m0/s1. The zero-order valence-electron chi connectivity index (χ0n) is 12.4. The highest BCUT2D eigenvalue weighted by Crippen LogP contribution is 2.49. The Kier molecular flexibility index (Phi) is 2.63. The van der Waals surface area contributed by atoms with E-state index in [1.165, 1.54) is 5.57 Å². The summed E-state index contributed by atoms with van der Waals surface area (Å²) in [6.07, 6.45) is 4.26. The third-order valence-corrected chi connectivity index (χ3v) is 5.40. The van der Waals surface area contributed by atoms with Gasteiger partial charge in [0.2, 0.25) is 0 Å². The van der Waals surface area contributed by atoms with Crippen LogP contribution in [0.25, 0.3) is 6.08 Å². The molecule has 1 aromatic carbocycles. The lowest BCUT2D eigenvalue weighted by atomic mass is 9.68. The first-order valence-electron chi connectivity index (χ1n) is 7.36. The first kappa shape index (κ1) is 13.4. The summed E-state index contributed by atoms with van der Waals surface area (Å²) in [5.74, 6) is 1.30. The first-order valence-corrected chi connectivity index (χ1v) is 8.16. The molecule has 0 radical (unpaired) electrons. The van der Waals surface area contributed by atoms with Gasteiger partial charge in [0.25, 0.3) is 0 Å². The lowest BCUT2D eigenvalue weighted by Crippen LogP contribution is -2.48. The maximum Gasteiger partial charge on any atom is 0.140 e. The number of rotatable bonds is 0. The number of benzene rings is 1. The predicted molar refractivity (Wildman–Crippen MR) is 86.5 cm³/mol. The minimum atomic E-state index is -0.292. The molecule has 1 saturated carbocycles. The Hall–Kier alpha value is -1.29. The van der Waals surface area contributed by atoms with Crippen molar-refractivity contribution in [3.8, 4) is 5.75 Å². The maximum absolute atomic E-state index is 6.33. The molecule has 2 atom stereocenters. The number of halogens is 1. The fourth-order valence-corrected chi connectivity index (χ4v) is 4.00. The van der Waals surface area contributed by atoms with Crippen molar-refractivity contribution in [3.05, 3.63) is 33.8 Å². The lowest BCUT2D eigenvalue weighted by molar-refractivity contribution is -0.0208. The van der Waals surface area contributed by atoms with Crippen molar-refractivity contribution in [2.45, 2.75) is 44.8 Å². The van der Waals surface area contributed by atoms with Crippen molar-refractivity contribution in [2.24, 2.45) is 11.1 Å². The normalized spacial score (nSPS) is 31.9. The number of hydrogen-bond donors (Lipinski definition) is 0. The number of fused-ring (bicyclic) bond motifs is 4. The van der Waals surface area contributed by atoms with E-state index in [9.17, 15) is 0 Å². The van der Waals surface area contributed by atoms with Crippen LogP contribution >= 0.6 is 15.9 Å². The molecule has 3 nitrogen and oxygen atoms in total. The lowest BCUT2D eigenvalue weighted by Gasteiger charge is -2.43. The van der Waals surface area contributed by atoms with Gasteiger partial charge in [-0.3, -0.25) is 0 Å². The monoisotopic (exact) mass is 347 g/mol. The molecule has 0 spiro atoms. The van der Waals surface area contributed by atoms with Crippen LogP contribution in [0.5, 0.6) is 5.75 Å². The van der Waals surface area contributed by atoms with E-state index in [1.807, 2.05) is 12.1 Å². The Morgan fingerprint density at radius 2 is 2.10 bits per heavy atom. The summed E-state index contributed by atoms with van der Waals surface area (Å²) in [7, 11) is 0. The third kappa shape index (κ3) is 1.88. The molecule has 2 heterocycles. The number of nitrogens with zero attached hydrogens (tertiary/aromatic N) is 1. The molecule has 1 unspecified atom stereocenters. The Labute approximate surface area is 133 Å². The quantitative estimate of drug-likeness (QED) is 0.688. The molecular formula is C17H18BrNO2. The van der Waals surface area contributed by atoms with Crippen LogP contribution in [-0.4, -0.2) is 16.9 Å². The van der Waals surface area contributed by atoms with Crippen LogP contribution in [0.2, 0.25) is 0 Å². The molecule has 4 heteroatoms. The Bertz CT molecular complexity index is 692. The SMILES string of the molecule is CC1(C)ON=C2C3=Cc4cc(Br)ccc4O[C@@]3(C)CCC21. The fourth-order valence-electron chi connectivity index (χ4n) is 3.63. The van der Waals surface area contributed by atoms with Crippen LogP contribution < -0.4 is 4.74 Å². The van der Waals surface area contributed by atoms with Crippen LogP contribution in [0.1, 0.15) is 39.2 Å². The van der Waals surface area contributed by atoms with Crippen molar-refractivity contribution in [1.82, 2.24) is 0 Å². The summed E-state index contributed by atoms with van der Waals surface area (Å²) < 4.78 is 7.39. The summed E-state index contributed by atoms with van der Waals surface area (Å²) >= 11 is 3.53. The molecule has 4 rings (SSSR count). The second kappa shape index (κ2) is 4.13. The molecule has 0 N–H and O–H groups in total. The van der Waals surface area contributed by atoms with Gasteiger partial charge < -0.3 is 9.57 Å². The van der Waals surface area contributed by atoms with E-state index in [1.54, 1.807) is 0 Å². The van der Waals surface area contributed by atoms with Crippen LogP contribution in [0.15, 0.2) is 33.4 Å². The highest BCUT2D eigenvalue weighted by Gasteiger charge is 2.52. The van der Waals surface area contributed by atoms with E-state index in [0.29, 0.717) is 5.92 Å². The molecule has 0 amide bonds. The molecule has 0 bridgehead atoms. The van der Waals surface area contributed by atoms with Gasteiger partial charge in [-0.05, 0) is 57.9 Å². The van der Waals surface area contributed by atoms with Gasteiger partial charge in [0.1, 0.15) is 17.0 Å². The van der Waals surface area contributed by atoms with Crippen molar-refractivity contribution < 1.29 is 9.57 Å². The zero-order valence-corrected chi connectivity index (χ0v) is 14.0. The minimum absolute atomic E-state index is 0.213. The molecule has 110 valence electrons. The second-order valence-electron chi connectivity index (χ2n) is 6.84. The highest BCUT2D eigenvalue weighted by atomic mass is 79.9. The maximum atomic E-state index is 6.33. The third-order valence-electron chi connectivity index (χ3n) is 4.91. The molecule has 1 aliphatic carbocycles. The van der Waals surface area contributed by atoms with Crippen molar-refractivity contribution in [2.75, 3.05) is 0 Å². The summed E-state index contributed by atoms with van der Waals surface area (Å²) in [6.45, 7) is 6.39. The van der Waals surface area contributed by atoms with E-state index < -0.39 is 0 Å². The van der Waals surface area contributed by atoms with Crippen molar-refractivity contribution in [1.29, 1.82) is 0 Å². The van der Waals surface area contributed by atoms with E-state index in [2.05, 4.69) is 54.0 Å². The fraction of sp³-hybridized carbons (Fsp3) is 0.471. The Balaban J connectivity index is 1.85. The van der Waals surface area contributed by atoms with Crippen molar-refractivity contribution >= 4 is 27.7 Å². The Morgan fingerprint density at radius 3 is 2.90 bits per heavy atom. The molecule has 21 heavy (non-hydrogen) atoms. The molecule has 1 fully saturated rings. The van der Waals surface area contributed by atoms with Gasteiger partial charge in [-0.25, -0.2) is 0 Å². The first-order chi connectivity index (χ1) is 9.89. The van der Waals surface area contributed by atoms with Gasteiger partial charge in [-0.1, -0.05) is 21.1 Å². The van der Waals surface area contributed by atoms with Crippen LogP contribution in [0.3, 0.4) is 0 Å². The van der Waals surface area contributed by atoms with Gasteiger partial charge in [-0.15, -0.1) is 0 Å². The summed E-state index contributed by atoms with van der Waals surface area (Å²) in [5, 5.41) is 4.39. The molecule has 1 aromatic rings. The van der Waals surface area contributed by atoms with Crippen LogP contribution in [0, 0.1) is 5.92 Å². The van der Waals surface area contributed by atoms with Gasteiger partial charge in [-0.2, -0.15) is 0 Å². The van der Waals surface area contributed by atoms with Gasteiger partial charge >= 0.3 is 0 Å². The van der Waals surface area contributed by atoms with E-state index >= 15 is 0 Å². The average molecular weight is 348 g/mol. The van der Waals surface area contributed by atoms with Crippen LogP contribution in [0.4, 0.5) is 0 Å². The van der Waals surface area contributed by atoms with E-state index in [4.69, 9.17) is 9.57 Å². The van der Waals surface area contributed by atoms with Gasteiger partial charge in [0.15, 0.2) is 0 Å². The topological polar surface area (TPSA) is 30.8 Å². The molecule has 2 aliphatic heterocycles. The molecule has 0 aromatic heterocycles. The van der Waals surface area contributed by atoms with Crippen molar-refractivity contribution in [3.63, 3.8) is 0 Å². The van der Waals surface area contributed by atoms with E-state index in [-0.39, 0.29) is 11.2 Å². The number of oxime groups is 1. The minimum Gasteiger partial charge on any atom is -0.482 e. The molecule has 0 saturated heterocycles. The predicted octanol–water partition coefficient (Wildman–Crippen LogP) is 4.56. The molecule has 3 aliphatic rings. The zero-order chi connectivity index (χ0) is 14.8. The average Bonchev–Trinajstić information content (AvgIpc) is 2.72. The van der Waals surface area contributed by atoms with E-state index in [0.717, 1.165) is 34.3 Å². The highest BCUT2D eigenvalue weighted by molar-refractivity contribution is 9.10. The largest absolute Gasteiger partial charge is 0.482 e. The smallest absolute Gasteiger partial charge is 0.140 e. The number of ether oxygens (including phenoxy) is 1.